The number of ether oxygens (including phenoxy) is 3. The highest BCUT2D eigenvalue weighted by Gasteiger charge is 2.34. The van der Waals surface area contributed by atoms with Crippen LogP contribution in [0.2, 0.25) is 5.02 Å². The van der Waals surface area contributed by atoms with Gasteiger partial charge < -0.3 is 19.5 Å². The molecule has 1 amide bonds. The average Bonchev–Trinajstić information content (AvgIpc) is 2.93. The maximum atomic E-state index is 13.9. The fourth-order valence-electron chi connectivity index (χ4n) is 4.53. The Morgan fingerprint density at radius 1 is 0.921 bits per heavy atom. The molecule has 8 nitrogen and oxygen atoms in total. The Kier molecular flexibility index (Phi) is 9.14. The summed E-state index contributed by atoms with van der Waals surface area (Å²) >= 11 is 6.20. The van der Waals surface area contributed by atoms with Crippen molar-refractivity contribution in [3.05, 3.63) is 71.8 Å². The predicted molar refractivity (Wildman–Crippen MR) is 147 cm³/mol. The zero-order valence-corrected chi connectivity index (χ0v) is 22.9. The molecule has 1 N–H and O–H groups in total. The second kappa shape index (κ2) is 12.5. The van der Waals surface area contributed by atoms with E-state index in [0.717, 1.165) is 19.3 Å². The maximum absolute atomic E-state index is 13.9. The minimum absolute atomic E-state index is 0.0318. The molecule has 0 saturated heterocycles. The number of hydrogen-bond donors (Lipinski definition) is 1. The molecule has 202 valence electrons. The fourth-order valence-corrected chi connectivity index (χ4v) is 6.36. The van der Waals surface area contributed by atoms with Crippen molar-refractivity contribution >= 4 is 33.2 Å². The molecule has 0 bridgehead atoms. The van der Waals surface area contributed by atoms with Crippen molar-refractivity contribution in [1.29, 1.82) is 0 Å². The molecular weight excluding hydrogens is 528 g/mol. The number of halogens is 1. The average molecular weight is 559 g/mol. The van der Waals surface area contributed by atoms with Crippen LogP contribution in [0, 0.1) is 0 Å². The van der Waals surface area contributed by atoms with E-state index in [1.54, 1.807) is 36.4 Å². The van der Waals surface area contributed by atoms with E-state index < -0.39 is 15.9 Å². The second-order valence-electron chi connectivity index (χ2n) is 8.96. The van der Waals surface area contributed by atoms with Crippen LogP contribution in [0.15, 0.2) is 71.6 Å². The number of carbonyl (C=O) groups excluding carboxylic acids is 1. The van der Waals surface area contributed by atoms with Gasteiger partial charge in [0, 0.05) is 17.1 Å². The van der Waals surface area contributed by atoms with E-state index in [1.165, 1.54) is 30.7 Å². The van der Waals surface area contributed by atoms with Crippen molar-refractivity contribution in [2.24, 2.45) is 0 Å². The van der Waals surface area contributed by atoms with E-state index in [4.69, 9.17) is 25.8 Å². The number of methoxy groups -OCH3 is 2. The van der Waals surface area contributed by atoms with Gasteiger partial charge in [0.2, 0.25) is 15.9 Å². The standard InChI is InChI=1S/C28H31ClN2O6S/c1-35-26-16-14-23(18-27(26)36-2)38(33,34)31(21-9-5-3-6-10-21)19-28(32)30-24-17-20(29)13-15-25(24)37-22-11-7-4-8-12-22/h4,7-8,11-18,21H,3,5-6,9-10,19H2,1-2H3,(H,30,32). The summed E-state index contributed by atoms with van der Waals surface area (Å²) in [5.74, 6) is 1.19. The lowest BCUT2D eigenvalue weighted by atomic mass is 9.95. The molecule has 3 aromatic rings. The van der Waals surface area contributed by atoms with Gasteiger partial charge in [0.25, 0.3) is 0 Å². The first-order chi connectivity index (χ1) is 18.3. The van der Waals surface area contributed by atoms with Crippen molar-refractivity contribution in [2.45, 2.75) is 43.0 Å². The zero-order chi connectivity index (χ0) is 27.1. The van der Waals surface area contributed by atoms with E-state index >= 15 is 0 Å². The Balaban J connectivity index is 1.61. The Morgan fingerprint density at radius 2 is 1.61 bits per heavy atom. The van der Waals surface area contributed by atoms with Crippen molar-refractivity contribution in [3.8, 4) is 23.0 Å². The molecule has 0 spiro atoms. The molecule has 0 aromatic heterocycles. The van der Waals surface area contributed by atoms with Gasteiger partial charge in [-0.15, -0.1) is 0 Å². The number of nitrogens with one attached hydrogen (secondary N) is 1. The summed E-state index contributed by atoms with van der Waals surface area (Å²) in [7, 11) is -1.11. The van der Waals surface area contributed by atoms with Gasteiger partial charge >= 0.3 is 0 Å². The van der Waals surface area contributed by atoms with E-state index in [2.05, 4.69) is 5.32 Å². The normalized spacial score (nSPS) is 14.2. The molecule has 0 unspecified atom stereocenters. The molecule has 0 radical (unpaired) electrons. The Bertz CT molecular complexity index is 1360. The summed E-state index contributed by atoms with van der Waals surface area (Å²) in [5, 5.41) is 3.21. The van der Waals surface area contributed by atoms with Gasteiger partial charge in [-0.2, -0.15) is 4.31 Å². The fraction of sp³-hybridized carbons (Fsp3) is 0.321. The quantitative estimate of drug-likeness (QED) is 0.322. The van der Waals surface area contributed by atoms with Gasteiger partial charge in [0.05, 0.1) is 31.3 Å². The second-order valence-corrected chi connectivity index (χ2v) is 11.3. The molecular formula is C28H31ClN2O6S. The van der Waals surface area contributed by atoms with Crippen LogP contribution in [0.3, 0.4) is 0 Å². The van der Waals surface area contributed by atoms with Gasteiger partial charge in [-0.1, -0.05) is 49.1 Å². The third-order valence-corrected chi connectivity index (χ3v) is 8.56. The van der Waals surface area contributed by atoms with Crippen LogP contribution in [-0.2, 0) is 14.8 Å². The maximum Gasteiger partial charge on any atom is 0.243 e. The number of amides is 1. The zero-order valence-electron chi connectivity index (χ0n) is 21.4. The minimum Gasteiger partial charge on any atom is -0.493 e. The van der Waals surface area contributed by atoms with E-state index in [0.29, 0.717) is 46.5 Å². The number of anilines is 1. The lowest BCUT2D eigenvalue weighted by Gasteiger charge is -2.33. The molecule has 4 rings (SSSR count). The first-order valence-electron chi connectivity index (χ1n) is 12.4. The number of para-hydroxylation sites is 1. The van der Waals surface area contributed by atoms with E-state index in [9.17, 15) is 13.2 Å². The Hall–Kier alpha value is -3.27. The van der Waals surface area contributed by atoms with Gasteiger partial charge in [0.15, 0.2) is 17.2 Å². The van der Waals surface area contributed by atoms with Gasteiger partial charge in [-0.3, -0.25) is 4.79 Å². The highest BCUT2D eigenvalue weighted by atomic mass is 35.5. The molecule has 0 aliphatic heterocycles. The summed E-state index contributed by atoms with van der Waals surface area (Å²) in [4.78, 5) is 13.4. The monoisotopic (exact) mass is 558 g/mol. The Morgan fingerprint density at radius 3 is 2.29 bits per heavy atom. The van der Waals surface area contributed by atoms with Crippen LogP contribution in [0.1, 0.15) is 32.1 Å². The lowest BCUT2D eigenvalue weighted by Crippen LogP contribution is -2.45. The lowest BCUT2D eigenvalue weighted by molar-refractivity contribution is -0.116. The van der Waals surface area contributed by atoms with Crippen LogP contribution in [-0.4, -0.2) is 45.4 Å². The van der Waals surface area contributed by atoms with E-state index in [-0.39, 0.29) is 17.5 Å². The molecule has 1 fully saturated rings. The first-order valence-corrected chi connectivity index (χ1v) is 14.2. The van der Waals surface area contributed by atoms with Crippen molar-refractivity contribution < 1.29 is 27.4 Å². The van der Waals surface area contributed by atoms with Crippen LogP contribution >= 0.6 is 11.6 Å². The SMILES string of the molecule is COc1ccc(S(=O)(=O)N(CC(=O)Nc2cc(Cl)ccc2Oc2ccccc2)C2CCCCC2)cc1OC. The van der Waals surface area contributed by atoms with Crippen molar-refractivity contribution in [2.75, 3.05) is 26.1 Å². The number of carbonyl (C=O) groups is 1. The number of sulfonamides is 1. The summed E-state index contributed by atoms with van der Waals surface area (Å²) in [6.45, 7) is -0.362. The van der Waals surface area contributed by atoms with Crippen molar-refractivity contribution in [1.82, 2.24) is 4.31 Å². The number of rotatable bonds is 10. The molecule has 1 aliphatic carbocycles. The van der Waals surface area contributed by atoms with Gasteiger partial charge in [0.1, 0.15) is 5.75 Å². The molecule has 0 atom stereocenters. The summed E-state index contributed by atoms with van der Waals surface area (Å²) in [6.07, 6.45) is 4.19. The van der Waals surface area contributed by atoms with Crippen LogP contribution in [0.5, 0.6) is 23.0 Å². The molecule has 1 aliphatic rings. The largest absolute Gasteiger partial charge is 0.493 e. The first kappa shape index (κ1) is 27.8. The molecule has 38 heavy (non-hydrogen) atoms. The molecule has 1 saturated carbocycles. The van der Waals surface area contributed by atoms with Gasteiger partial charge in [-0.25, -0.2) is 8.42 Å². The third-order valence-electron chi connectivity index (χ3n) is 6.43. The highest BCUT2D eigenvalue weighted by molar-refractivity contribution is 7.89. The molecule has 10 heteroatoms. The van der Waals surface area contributed by atoms with Crippen LogP contribution in [0.25, 0.3) is 0 Å². The predicted octanol–water partition coefficient (Wildman–Crippen LogP) is 6.11. The number of hydrogen-bond acceptors (Lipinski definition) is 6. The summed E-state index contributed by atoms with van der Waals surface area (Å²) in [5.41, 5.74) is 0.346. The molecule has 0 heterocycles. The van der Waals surface area contributed by atoms with Gasteiger partial charge in [-0.05, 0) is 55.3 Å². The topological polar surface area (TPSA) is 94.2 Å². The third kappa shape index (κ3) is 6.59. The smallest absolute Gasteiger partial charge is 0.243 e. The minimum atomic E-state index is -4.03. The molecule has 3 aromatic carbocycles. The number of benzene rings is 3. The van der Waals surface area contributed by atoms with E-state index in [1.807, 2.05) is 18.2 Å². The summed E-state index contributed by atoms with van der Waals surface area (Å²) < 4.78 is 45.5. The van der Waals surface area contributed by atoms with Crippen molar-refractivity contribution in [3.63, 3.8) is 0 Å². The number of nitrogens with zero attached hydrogens (tertiary/aromatic N) is 1. The highest BCUT2D eigenvalue weighted by Crippen LogP contribution is 2.35. The Labute approximate surface area is 228 Å². The van der Waals surface area contributed by atoms with Crippen LogP contribution in [0.4, 0.5) is 5.69 Å². The summed E-state index contributed by atoms with van der Waals surface area (Å²) in [6, 6.07) is 18.2. The van der Waals surface area contributed by atoms with Crippen LogP contribution < -0.4 is 19.5 Å².